The van der Waals surface area contributed by atoms with Crippen LogP contribution < -0.4 is 0 Å². The van der Waals surface area contributed by atoms with E-state index in [4.69, 9.17) is 14.2 Å². The first-order valence-electron chi connectivity index (χ1n) is 34.7. The predicted molar refractivity (Wildman–Crippen MR) is 381 cm³/mol. The zero-order chi connectivity index (χ0) is 70.9. The van der Waals surface area contributed by atoms with Crippen molar-refractivity contribution in [1.82, 2.24) is 0 Å². The molecular formula is C74H124F2O15S3. The van der Waals surface area contributed by atoms with E-state index in [9.17, 15) is 37.5 Å². The second kappa shape index (κ2) is 54.6. The lowest BCUT2D eigenvalue weighted by atomic mass is 9.71. The van der Waals surface area contributed by atoms with Crippen LogP contribution in [0, 0.1) is 65.4 Å². The summed E-state index contributed by atoms with van der Waals surface area (Å²) in [6, 6.07) is 11.7. The topological polar surface area (TPSA) is 185 Å². The second-order valence-electron chi connectivity index (χ2n) is 25.9. The van der Waals surface area contributed by atoms with Crippen LogP contribution in [0.4, 0.5) is 37.5 Å². The molecule has 0 N–H and O–H groups in total. The molecule has 0 heterocycles. The zero-order valence-electron chi connectivity index (χ0n) is 60.7. The highest BCUT2D eigenvalue weighted by atomic mass is 32.2. The van der Waals surface area contributed by atoms with Crippen molar-refractivity contribution < 1.29 is 80.2 Å². The Balaban J connectivity index is 0.00000112. The Labute approximate surface area is 579 Å². The third-order valence-electron chi connectivity index (χ3n) is 17.6. The third kappa shape index (κ3) is 42.3. The van der Waals surface area contributed by atoms with Crippen LogP contribution >= 0.6 is 35.3 Å². The number of methoxy groups -OCH3 is 6. The van der Waals surface area contributed by atoms with E-state index in [0.717, 1.165) is 105 Å². The summed E-state index contributed by atoms with van der Waals surface area (Å²) in [4.78, 5) is 65.6. The number of thioether (sulfide) groups is 3. The van der Waals surface area contributed by atoms with E-state index < -0.39 is 30.1 Å². The van der Waals surface area contributed by atoms with Crippen LogP contribution in [0.15, 0.2) is 42.5 Å². The molecule has 3 saturated carbocycles. The first-order chi connectivity index (χ1) is 44.9. The van der Waals surface area contributed by atoms with Crippen LogP contribution in [0.3, 0.4) is 0 Å². The van der Waals surface area contributed by atoms with Crippen molar-refractivity contribution in [3.05, 3.63) is 70.8 Å². The number of rotatable bonds is 29. The van der Waals surface area contributed by atoms with Crippen LogP contribution in [0.1, 0.15) is 245 Å². The van der Waals surface area contributed by atoms with Gasteiger partial charge in [-0.25, -0.2) is 37.5 Å². The van der Waals surface area contributed by atoms with Crippen LogP contribution in [0.25, 0.3) is 0 Å². The van der Waals surface area contributed by atoms with Crippen molar-refractivity contribution in [2.45, 2.75) is 242 Å². The van der Waals surface area contributed by atoms with E-state index in [1.807, 2.05) is 19.1 Å². The summed E-state index contributed by atoms with van der Waals surface area (Å²) >= 11 is 3.94. The lowest BCUT2D eigenvalue weighted by molar-refractivity contribution is 0.0347. The van der Waals surface area contributed by atoms with Gasteiger partial charge in [0.25, 0.3) is 0 Å². The minimum absolute atomic E-state index is 0.0512. The summed E-state index contributed by atoms with van der Waals surface area (Å²) in [5.41, 5.74) is 3.45. The Morgan fingerprint density at radius 3 is 1.60 bits per heavy atom. The number of hydrogen-bond acceptors (Lipinski definition) is 18. The molecule has 15 nitrogen and oxygen atoms in total. The lowest BCUT2D eigenvalue weighted by Crippen LogP contribution is -2.27. The van der Waals surface area contributed by atoms with Crippen molar-refractivity contribution in [2.75, 3.05) is 73.1 Å². The van der Waals surface area contributed by atoms with Gasteiger partial charge in [-0.15, -0.1) is 0 Å². The molecular weight excluding hydrogens is 1260 g/mol. The molecule has 0 bridgehead atoms. The molecule has 0 aromatic heterocycles. The van der Waals surface area contributed by atoms with Crippen molar-refractivity contribution in [3.8, 4) is 0 Å². The molecule has 94 heavy (non-hydrogen) atoms. The van der Waals surface area contributed by atoms with Gasteiger partial charge in [0, 0.05) is 29.2 Å². The van der Waals surface area contributed by atoms with Gasteiger partial charge in [0.05, 0.1) is 49.3 Å². The number of benzene rings is 2. The number of ether oxygens (including phenoxy) is 9. The predicted octanol–water partition coefficient (Wildman–Crippen LogP) is 22.8. The fourth-order valence-corrected chi connectivity index (χ4v) is 14.9. The Bertz CT molecular complexity index is 2310. The minimum atomic E-state index is -0.793. The second-order valence-corrected chi connectivity index (χ2v) is 28.7. The molecule has 0 radical (unpaired) electrons. The fraction of sp³-hybridized carbons (Fsp3) is 0.757. The maximum Gasteiger partial charge on any atom is 0.508 e. The third-order valence-corrected chi connectivity index (χ3v) is 20.6. The van der Waals surface area contributed by atoms with Gasteiger partial charge < -0.3 is 42.6 Å². The monoisotopic (exact) mass is 1390 g/mol. The molecule has 0 aliphatic heterocycles. The highest BCUT2D eigenvalue weighted by Gasteiger charge is 2.37. The minimum Gasteiger partial charge on any atom is -0.461 e. The number of unbranched alkanes of at least 4 members (excludes halogenated alkanes) is 3. The van der Waals surface area contributed by atoms with Crippen molar-refractivity contribution in [3.63, 3.8) is 0 Å². The average molecular weight is 1390 g/mol. The molecule has 20 heteroatoms. The molecule has 3 aliphatic rings. The van der Waals surface area contributed by atoms with Crippen LogP contribution in [-0.4, -0.2) is 114 Å². The molecule has 0 saturated heterocycles. The molecule has 542 valence electrons. The zero-order valence-corrected chi connectivity index (χ0v) is 63.2. The first-order valence-corrected chi connectivity index (χ1v) is 37.6. The standard InChI is InChI=1S/C16H30O2S.C14H18F2O3.C14H26O3.C13H18O2S.C10H18O2S.C7H14O3/c1-4-8-14(12-19-16(17)18-3)11-13(2)15-9-6-5-7-10-15;1-3-4-5-10(9-19-14(17)18-2)11-6-12(15)8-13(16)7-11;1-6-12(14(2,3)4)10-7-8-11(9-10)17-13(15)16-5;1-4-11(9-16-13(14)15-3)12-8-6-5-7-10(12)2;1-3-4-9(8-5-6-8)7-13-10(11)12-2;1-3-4-5-6-10-7(8)9-2/h13-15H,4-12H2,1-3H3;6-8,10H,3-5,9H2,1-2H3;10-12H,6-9H2,1-5H3;5-8,11H,4,9H2,1-3H3;8-9H,3-7H2,1-2H3;3-6H2,1-2H3. The van der Waals surface area contributed by atoms with Gasteiger partial charge >= 0.3 is 34.4 Å². The molecule has 8 atom stereocenters. The molecule has 2 aromatic carbocycles. The highest BCUT2D eigenvalue weighted by Crippen LogP contribution is 2.44. The molecule has 3 fully saturated rings. The van der Waals surface area contributed by atoms with Gasteiger partial charge in [-0.05, 0) is 194 Å². The number of hydrogen-bond donors (Lipinski definition) is 0. The Morgan fingerprint density at radius 2 is 1.10 bits per heavy atom. The summed E-state index contributed by atoms with van der Waals surface area (Å²) in [5.74, 6) is 7.03. The summed E-state index contributed by atoms with van der Waals surface area (Å²) < 4.78 is 68.3. The normalized spacial score (nSPS) is 16.8. The molecule has 0 spiro atoms. The summed E-state index contributed by atoms with van der Waals surface area (Å²) in [5, 5.41) is -0.472. The van der Waals surface area contributed by atoms with E-state index in [2.05, 4.69) is 110 Å². The highest BCUT2D eigenvalue weighted by molar-refractivity contribution is 8.13. The maximum absolute atomic E-state index is 13.2. The molecule has 5 rings (SSSR count). The van der Waals surface area contributed by atoms with E-state index in [1.165, 1.54) is 185 Å². The Kier molecular flexibility index (Phi) is 52.0. The summed E-state index contributed by atoms with van der Waals surface area (Å²) in [6.07, 6.45) is 25.2. The molecule has 3 aliphatic carbocycles. The van der Waals surface area contributed by atoms with E-state index >= 15 is 0 Å². The SMILES string of the molecule is CCC(C1CCC(OC(=O)OC)C1)C(C)(C)C.CCC(CSC(=O)OC)c1ccccc1C.CCCC(CSC(=O)OC)C1CC1.CCCC(CSC(=O)OC)CC(C)C1CCCCC1.CCCCC(COC(=O)OC)c1cc(F)cc(F)c1.CCCCCOC(=O)OC. The van der Waals surface area contributed by atoms with Crippen LogP contribution in [0.5, 0.6) is 0 Å². The van der Waals surface area contributed by atoms with Gasteiger partial charge in [0.15, 0.2) is 0 Å². The number of carbonyl (C=O) groups is 6. The van der Waals surface area contributed by atoms with Gasteiger partial charge in [0.1, 0.15) is 24.3 Å². The molecule has 8 unspecified atom stereocenters. The van der Waals surface area contributed by atoms with Crippen molar-refractivity contribution >= 4 is 69.7 Å². The van der Waals surface area contributed by atoms with Gasteiger partial charge in [-0.3, -0.25) is 0 Å². The fourth-order valence-electron chi connectivity index (χ4n) is 12.4. The summed E-state index contributed by atoms with van der Waals surface area (Å²) in [6.45, 7) is 24.9. The van der Waals surface area contributed by atoms with Gasteiger partial charge in [0.2, 0.25) is 0 Å². The molecule has 2 aromatic rings. The Hall–Kier alpha value is -4.43. The lowest BCUT2D eigenvalue weighted by Gasteiger charge is -2.34. The largest absolute Gasteiger partial charge is 0.508 e. The van der Waals surface area contributed by atoms with Gasteiger partial charge in [-0.1, -0.05) is 171 Å². The van der Waals surface area contributed by atoms with Crippen molar-refractivity contribution in [1.29, 1.82) is 0 Å². The van der Waals surface area contributed by atoms with E-state index in [1.54, 1.807) is 0 Å². The van der Waals surface area contributed by atoms with Crippen molar-refractivity contribution in [2.24, 2.45) is 46.8 Å². The average Bonchev–Trinajstić information content (AvgIpc) is 1.51. The van der Waals surface area contributed by atoms with Crippen LogP contribution in [-0.2, 0) is 42.6 Å². The Morgan fingerprint density at radius 1 is 0.553 bits per heavy atom. The van der Waals surface area contributed by atoms with E-state index in [-0.39, 0.29) is 34.5 Å². The number of halogens is 2. The maximum atomic E-state index is 13.2. The molecule has 0 amide bonds. The van der Waals surface area contributed by atoms with Crippen LogP contribution in [0.2, 0.25) is 0 Å². The van der Waals surface area contributed by atoms with E-state index in [0.29, 0.717) is 47.7 Å². The van der Waals surface area contributed by atoms with Gasteiger partial charge in [-0.2, -0.15) is 0 Å². The number of aryl methyl sites for hydroxylation is 1. The summed E-state index contributed by atoms with van der Waals surface area (Å²) in [7, 11) is 8.21. The quantitative estimate of drug-likeness (QED) is 0.0425. The first kappa shape index (κ1) is 89.6. The smallest absolute Gasteiger partial charge is 0.461 e. The number of carbonyl (C=O) groups excluding carboxylic acids is 6.